The number of hydrogen-bond acceptors (Lipinski definition) is 4. The normalized spacial score (nSPS) is 18.5. The number of likely N-dealkylation sites (N-methyl/N-ethyl adjacent to an activating group) is 1. The first-order valence-electron chi connectivity index (χ1n) is 7.78. The van der Waals surface area contributed by atoms with E-state index in [0.717, 1.165) is 32.5 Å². The minimum Gasteiger partial charge on any atom is -0.348 e. The van der Waals surface area contributed by atoms with Crippen LogP contribution in [0.4, 0.5) is 0 Å². The molecule has 1 saturated heterocycles. The molecule has 0 radical (unpaired) electrons. The van der Waals surface area contributed by atoms with E-state index in [9.17, 15) is 9.59 Å². The number of nitrogens with two attached hydrogens (primary N) is 1. The van der Waals surface area contributed by atoms with Gasteiger partial charge in [0.15, 0.2) is 0 Å². The van der Waals surface area contributed by atoms with Crippen molar-refractivity contribution in [2.24, 2.45) is 11.7 Å². The molecule has 1 unspecified atom stereocenters. The topological polar surface area (TPSA) is 69.9 Å². The van der Waals surface area contributed by atoms with E-state index in [0.29, 0.717) is 19.0 Å². The van der Waals surface area contributed by atoms with Crippen LogP contribution in [0.1, 0.15) is 26.7 Å². The molecular formula is C15H30N4O2. The molecule has 0 aromatic carbocycles. The van der Waals surface area contributed by atoms with Crippen LogP contribution < -0.4 is 5.73 Å². The third kappa shape index (κ3) is 6.01. The van der Waals surface area contributed by atoms with Crippen LogP contribution in [0.3, 0.4) is 0 Å². The van der Waals surface area contributed by atoms with Crippen LogP contribution in [0.15, 0.2) is 0 Å². The van der Waals surface area contributed by atoms with Gasteiger partial charge in [-0.05, 0) is 18.8 Å². The molecule has 1 atom stereocenters. The fourth-order valence-corrected chi connectivity index (χ4v) is 2.53. The molecular weight excluding hydrogens is 268 g/mol. The van der Waals surface area contributed by atoms with Gasteiger partial charge in [-0.3, -0.25) is 14.5 Å². The molecule has 6 heteroatoms. The van der Waals surface area contributed by atoms with Crippen LogP contribution in [0.5, 0.6) is 0 Å². The Hall–Kier alpha value is -1.14. The molecule has 0 aromatic heterocycles. The van der Waals surface area contributed by atoms with Crippen molar-refractivity contribution < 1.29 is 9.59 Å². The van der Waals surface area contributed by atoms with E-state index < -0.39 is 6.04 Å². The average Bonchev–Trinajstić information content (AvgIpc) is 2.62. The van der Waals surface area contributed by atoms with Crippen molar-refractivity contribution in [1.29, 1.82) is 0 Å². The summed E-state index contributed by atoms with van der Waals surface area (Å²) < 4.78 is 0. The fourth-order valence-electron chi connectivity index (χ4n) is 2.53. The van der Waals surface area contributed by atoms with E-state index in [1.54, 1.807) is 19.0 Å². The first-order valence-corrected chi connectivity index (χ1v) is 7.78. The van der Waals surface area contributed by atoms with Crippen LogP contribution in [0.25, 0.3) is 0 Å². The maximum Gasteiger partial charge on any atom is 0.239 e. The van der Waals surface area contributed by atoms with Crippen molar-refractivity contribution in [2.75, 3.05) is 46.8 Å². The highest BCUT2D eigenvalue weighted by atomic mass is 16.2. The summed E-state index contributed by atoms with van der Waals surface area (Å²) in [6.45, 7) is 7.55. The van der Waals surface area contributed by atoms with Crippen LogP contribution >= 0.6 is 0 Å². The average molecular weight is 298 g/mol. The number of amides is 2. The molecule has 2 N–H and O–H groups in total. The summed E-state index contributed by atoms with van der Waals surface area (Å²) in [4.78, 5) is 29.7. The largest absolute Gasteiger partial charge is 0.348 e. The molecule has 0 bridgehead atoms. The Morgan fingerprint density at radius 3 is 2.38 bits per heavy atom. The van der Waals surface area contributed by atoms with Gasteiger partial charge in [0.25, 0.3) is 0 Å². The van der Waals surface area contributed by atoms with E-state index in [4.69, 9.17) is 5.73 Å². The van der Waals surface area contributed by atoms with Crippen molar-refractivity contribution in [3.05, 3.63) is 0 Å². The molecule has 0 aliphatic carbocycles. The van der Waals surface area contributed by atoms with Crippen molar-refractivity contribution in [2.45, 2.75) is 32.7 Å². The first kappa shape index (κ1) is 17.9. The van der Waals surface area contributed by atoms with Gasteiger partial charge in [-0.15, -0.1) is 0 Å². The smallest absolute Gasteiger partial charge is 0.239 e. The summed E-state index contributed by atoms with van der Waals surface area (Å²) in [6, 6.07) is -0.403. The van der Waals surface area contributed by atoms with Gasteiger partial charge in [-0.2, -0.15) is 0 Å². The van der Waals surface area contributed by atoms with Crippen LogP contribution in [-0.2, 0) is 9.59 Å². The van der Waals surface area contributed by atoms with Crippen molar-refractivity contribution >= 4 is 11.8 Å². The molecule has 1 aliphatic heterocycles. The zero-order valence-electron chi connectivity index (χ0n) is 13.8. The molecule has 122 valence electrons. The molecule has 6 nitrogen and oxygen atoms in total. The van der Waals surface area contributed by atoms with E-state index in [1.165, 1.54) is 0 Å². The summed E-state index contributed by atoms with van der Waals surface area (Å²) in [5.41, 5.74) is 5.99. The summed E-state index contributed by atoms with van der Waals surface area (Å²) in [5, 5.41) is 0. The molecule has 0 spiro atoms. The molecule has 2 amide bonds. The maximum atomic E-state index is 12.3. The highest BCUT2D eigenvalue weighted by Gasteiger charge is 2.24. The Kier molecular flexibility index (Phi) is 7.11. The quantitative estimate of drug-likeness (QED) is 0.774. The lowest BCUT2D eigenvalue weighted by Gasteiger charge is -2.25. The standard InChI is InChI=1S/C15H30N4O2/c1-12(2)10-13(16)15(21)19-7-5-6-18(8-9-19)11-14(20)17(3)4/h12-13H,5-11,16H2,1-4H3. The van der Waals surface area contributed by atoms with E-state index in [2.05, 4.69) is 18.7 Å². The summed E-state index contributed by atoms with van der Waals surface area (Å²) in [6.07, 6.45) is 1.61. The van der Waals surface area contributed by atoms with Gasteiger partial charge in [0.2, 0.25) is 11.8 Å². The molecule has 21 heavy (non-hydrogen) atoms. The zero-order chi connectivity index (χ0) is 16.0. The Morgan fingerprint density at radius 2 is 1.81 bits per heavy atom. The third-order valence-corrected chi connectivity index (χ3v) is 3.80. The second kappa shape index (κ2) is 8.34. The summed E-state index contributed by atoms with van der Waals surface area (Å²) >= 11 is 0. The van der Waals surface area contributed by atoms with Crippen molar-refractivity contribution in [1.82, 2.24) is 14.7 Å². The lowest BCUT2D eigenvalue weighted by Crippen LogP contribution is -2.46. The van der Waals surface area contributed by atoms with Gasteiger partial charge < -0.3 is 15.5 Å². The van der Waals surface area contributed by atoms with Gasteiger partial charge in [-0.25, -0.2) is 0 Å². The molecule has 0 aromatic rings. The second-order valence-electron chi connectivity index (χ2n) is 6.48. The highest BCUT2D eigenvalue weighted by Crippen LogP contribution is 2.09. The monoisotopic (exact) mass is 298 g/mol. The van der Waals surface area contributed by atoms with Crippen LogP contribution in [-0.4, -0.2) is 79.4 Å². The lowest BCUT2D eigenvalue weighted by molar-refractivity contribution is -0.132. The number of hydrogen-bond donors (Lipinski definition) is 1. The molecule has 1 fully saturated rings. The van der Waals surface area contributed by atoms with Gasteiger partial charge in [0.05, 0.1) is 12.6 Å². The minimum atomic E-state index is -0.403. The number of nitrogens with zero attached hydrogens (tertiary/aromatic N) is 3. The zero-order valence-corrected chi connectivity index (χ0v) is 13.8. The van der Waals surface area contributed by atoms with Crippen molar-refractivity contribution in [3.8, 4) is 0 Å². The highest BCUT2D eigenvalue weighted by molar-refractivity contribution is 5.81. The molecule has 0 saturated carbocycles. The number of carbonyl (C=O) groups is 2. The number of carbonyl (C=O) groups excluding carboxylic acids is 2. The summed E-state index contributed by atoms with van der Waals surface area (Å²) in [7, 11) is 3.53. The summed E-state index contributed by atoms with van der Waals surface area (Å²) in [5.74, 6) is 0.570. The fraction of sp³-hybridized carbons (Fsp3) is 0.867. The predicted molar refractivity (Wildman–Crippen MR) is 83.8 cm³/mol. The second-order valence-corrected chi connectivity index (χ2v) is 6.48. The molecule has 1 aliphatic rings. The third-order valence-electron chi connectivity index (χ3n) is 3.80. The van der Waals surface area contributed by atoms with Gasteiger partial charge >= 0.3 is 0 Å². The van der Waals surface area contributed by atoms with Crippen molar-refractivity contribution in [3.63, 3.8) is 0 Å². The van der Waals surface area contributed by atoms with Gasteiger partial charge in [0.1, 0.15) is 0 Å². The molecule has 1 heterocycles. The lowest BCUT2D eigenvalue weighted by atomic mass is 10.0. The van der Waals surface area contributed by atoms with Crippen LogP contribution in [0.2, 0.25) is 0 Å². The number of rotatable bonds is 5. The van der Waals surface area contributed by atoms with E-state index in [-0.39, 0.29) is 11.8 Å². The van der Waals surface area contributed by atoms with Crippen LogP contribution in [0, 0.1) is 5.92 Å². The Morgan fingerprint density at radius 1 is 1.14 bits per heavy atom. The minimum absolute atomic E-state index is 0.0458. The SMILES string of the molecule is CC(C)CC(N)C(=O)N1CCCN(CC(=O)N(C)C)CC1. The predicted octanol–water partition coefficient (Wildman–Crippen LogP) is -0.0177. The Bertz CT molecular complexity index is 358. The Labute approximate surface area is 128 Å². The van der Waals surface area contributed by atoms with E-state index in [1.807, 2.05) is 4.90 Å². The van der Waals surface area contributed by atoms with E-state index >= 15 is 0 Å². The maximum absolute atomic E-state index is 12.3. The molecule has 1 rings (SSSR count). The Balaban J connectivity index is 2.48. The van der Waals surface area contributed by atoms with Gasteiger partial charge in [0, 0.05) is 40.3 Å². The first-order chi connectivity index (χ1) is 9.81. The van der Waals surface area contributed by atoms with Gasteiger partial charge in [-0.1, -0.05) is 13.8 Å².